The molecule has 17 aromatic rings. The first-order chi connectivity index (χ1) is 55.7. The van der Waals surface area contributed by atoms with Gasteiger partial charge in [0.15, 0.2) is 0 Å². The first-order valence-electron chi connectivity index (χ1n) is 40.7. The van der Waals surface area contributed by atoms with E-state index in [4.69, 9.17) is 0 Å². The van der Waals surface area contributed by atoms with Crippen molar-refractivity contribution in [3.63, 3.8) is 0 Å². The first-order valence-corrected chi connectivity index (χ1v) is 40.7. The van der Waals surface area contributed by atoms with Gasteiger partial charge >= 0.3 is 0 Å². The smallest absolute Gasteiger partial charge is 0.0152 e. The van der Waals surface area contributed by atoms with Crippen LogP contribution in [0.1, 0.15) is 111 Å². The van der Waals surface area contributed by atoms with Crippen LogP contribution in [0.5, 0.6) is 0 Å². The van der Waals surface area contributed by atoms with Crippen molar-refractivity contribution < 1.29 is 0 Å². The van der Waals surface area contributed by atoms with Gasteiger partial charge in [0.1, 0.15) is 0 Å². The largest absolute Gasteiger partial charge is 0.0620 e. The number of hydrogen-bond donors (Lipinski definition) is 0. The molecule has 0 aliphatic rings. The second-order valence-corrected chi connectivity index (χ2v) is 31.3. The van der Waals surface area contributed by atoms with E-state index in [1.165, 1.54) is 188 Å². The lowest BCUT2D eigenvalue weighted by Gasteiger charge is -2.03. The molecule has 0 heterocycles. The van der Waals surface area contributed by atoms with E-state index in [1.54, 1.807) is 0 Å². The molecule has 0 fully saturated rings. The second-order valence-electron chi connectivity index (χ2n) is 31.3. The van der Waals surface area contributed by atoms with Crippen LogP contribution in [-0.4, -0.2) is 0 Å². The van der Waals surface area contributed by atoms with Gasteiger partial charge in [-0.15, -0.1) is 0 Å². The van der Waals surface area contributed by atoms with E-state index < -0.39 is 0 Å². The van der Waals surface area contributed by atoms with Crippen LogP contribution in [0.25, 0.3) is 76.8 Å². The van der Waals surface area contributed by atoms with Crippen molar-refractivity contribution in [3.05, 3.63) is 487 Å². The minimum Gasteiger partial charge on any atom is -0.0620 e. The molecule has 0 nitrogen and oxygen atoms in total. The zero-order valence-corrected chi connectivity index (χ0v) is 72.8. The summed E-state index contributed by atoms with van der Waals surface area (Å²) in [5, 5.41) is 8.08. The summed E-state index contributed by atoms with van der Waals surface area (Å²) >= 11 is 0. The Morgan fingerprint density at radius 3 is 0.552 bits per heavy atom. The fourth-order valence-corrected chi connectivity index (χ4v) is 13.0. The fourth-order valence-electron chi connectivity index (χ4n) is 13.0. The molecular formula is C116H122. The van der Waals surface area contributed by atoms with Crippen molar-refractivity contribution in [2.24, 2.45) is 0 Å². The topological polar surface area (TPSA) is 0 Å². The second kappa shape index (κ2) is 46.0. The molecule has 0 aliphatic carbocycles. The Kier molecular flexibility index (Phi) is 35.3. The van der Waals surface area contributed by atoms with E-state index in [2.05, 4.69) is 515 Å². The molecule has 0 aromatic heterocycles. The number of rotatable bonds is 4. The summed E-state index contributed by atoms with van der Waals surface area (Å²) in [6.07, 6.45) is 0. The van der Waals surface area contributed by atoms with Crippen LogP contribution in [0.15, 0.2) is 376 Å². The lowest BCUT2D eigenvalue weighted by Crippen LogP contribution is -1.80. The van der Waals surface area contributed by atoms with Gasteiger partial charge in [-0.25, -0.2) is 0 Å². The van der Waals surface area contributed by atoms with E-state index in [0.717, 1.165) is 0 Å². The van der Waals surface area contributed by atoms with Crippen molar-refractivity contribution >= 4 is 32.3 Å². The van der Waals surface area contributed by atoms with Gasteiger partial charge < -0.3 is 0 Å². The normalized spacial score (nSPS) is 10.1. The van der Waals surface area contributed by atoms with Crippen LogP contribution >= 0.6 is 0 Å². The van der Waals surface area contributed by atoms with E-state index in [-0.39, 0.29) is 0 Å². The summed E-state index contributed by atoms with van der Waals surface area (Å²) in [6, 6.07) is 133. The Labute approximate surface area is 698 Å². The monoisotopic (exact) mass is 1510 g/mol. The lowest BCUT2D eigenvalue weighted by atomic mass is 10.0. The summed E-state index contributed by atoms with van der Waals surface area (Å²) < 4.78 is 0. The fraction of sp³-hybridized carbons (Fsp3) is 0.172. The molecule has 116 heavy (non-hydrogen) atoms. The SMILES string of the molecule is Cc1ccc(-c2ccc(C)cc2)cc1.Cc1ccc(-c2cccc(C)c2)cc1.Cc1ccc(-c2cccc(C)c2)cc1.Cc1ccc(C)c2ccccc12.Cc1ccc(C)cc1.Cc1ccc2cc(C)ccc2c1.Cc1ccc2ccc(C)cc2c1.Cc1cccc(-c2cccc(C)c2)c1.Cc1cccc(C)c1.Cc1ccccc1C. The molecule has 0 bridgehead atoms. The van der Waals surface area contributed by atoms with Crippen molar-refractivity contribution in [2.45, 2.75) is 138 Å². The summed E-state index contributed by atoms with van der Waals surface area (Å²) in [4.78, 5) is 0. The molecule has 17 aromatic carbocycles. The Hall–Kier alpha value is -12.5. The molecule has 0 aliphatic heterocycles. The quantitative estimate of drug-likeness (QED) is 0.165. The molecule has 0 unspecified atom stereocenters. The predicted octanol–water partition coefficient (Wildman–Crippen LogP) is 33.2. The maximum atomic E-state index is 2.22. The summed E-state index contributed by atoms with van der Waals surface area (Å²) in [5.41, 5.74) is 36.9. The maximum Gasteiger partial charge on any atom is -0.0152 e. The van der Waals surface area contributed by atoms with E-state index >= 15 is 0 Å². The van der Waals surface area contributed by atoms with Gasteiger partial charge in [0.05, 0.1) is 0 Å². The zero-order chi connectivity index (χ0) is 83.5. The molecular weight excluding hydrogens is 1390 g/mol. The molecule has 0 spiro atoms. The van der Waals surface area contributed by atoms with Crippen molar-refractivity contribution in [1.29, 1.82) is 0 Å². The van der Waals surface area contributed by atoms with Gasteiger partial charge in [-0.1, -0.05) is 465 Å². The molecule has 0 radical (unpaired) electrons. The minimum absolute atomic E-state index is 1.29. The third-order valence-electron chi connectivity index (χ3n) is 20.1. The molecule has 0 saturated carbocycles. The average molecular weight is 1520 g/mol. The Balaban J connectivity index is 0.000000162. The molecule has 586 valence electrons. The first kappa shape index (κ1) is 89.1. The zero-order valence-electron chi connectivity index (χ0n) is 72.8. The third-order valence-corrected chi connectivity index (χ3v) is 20.1. The number of benzene rings is 17. The molecule has 0 N–H and O–H groups in total. The minimum atomic E-state index is 1.29. The van der Waals surface area contributed by atoms with Crippen LogP contribution in [0.3, 0.4) is 0 Å². The van der Waals surface area contributed by atoms with E-state index in [1.807, 2.05) is 0 Å². The van der Waals surface area contributed by atoms with Gasteiger partial charge in [0.25, 0.3) is 0 Å². The highest BCUT2D eigenvalue weighted by molar-refractivity contribution is 5.88. The number of fused-ring (bicyclic) bond motifs is 3. The average Bonchev–Trinajstić information content (AvgIpc) is 0.822. The van der Waals surface area contributed by atoms with Gasteiger partial charge in [-0.05, 0) is 238 Å². The highest BCUT2D eigenvalue weighted by Gasteiger charge is 2.03. The highest BCUT2D eigenvalue weighted by atomic mass is 14.1. The number of aryl methyl sites for hydroxylation is 20. The molecule has 0 saturated heterocycles. The van der Waals surface area contributed by atoms with Crippen LogP contribution in [0.4, 0.5) is 0 Å². The van der Waals surface area contributed by atoms with E-state index in [0.29, 0.717) is 0 Å². The lowest BCUT2D eigenvalue weighted by molar-refractivity contribution is 1.34. The summed E-state index contributed by atoms with van der Waals surface area (Å²) in [6.45, 7) is 42.4. The summed E-state index contributed by atoms with van der Waals surface area (Å²) in [7, 11) is 0. The standard InChI is InChI=1S/4C14H14.3C12H12.3C8H10/c1-11-3-7-13(8-4-11)14-9-5-12(2)6-10-14;1-11-5-3-7-13(9-11)14-8-4-6-12(2)10-14;2*1-11-6-8-13(9-7-11)14-5-3-4-12(2)10-14;1-9-3-5-12-8-10(2)4-6-11(12)7-9;1-9-3-5-11-6-4-10(2)8-12(11)7-9;1-9-7-8-10(2)12-6-4-3-5-11(9)12;1-7-3-5-8(2)6-4-7;1-7-4-3-5-8(2)6-7;1-7-5-3-4-6-8(7)2/h4*3-10H,1-2H3;3*3-8H,1-2H3;3*3-6H,1-2H3. The highest BCUT2D eigenvalue weighted by Crippen LogP contribution is 2.27. The predicted molar refractivity (Wildman–Crippen MR) is 513 cm³/mol. The molecule has 0 heteroatoms. The number of hydrogen-bond acceptors (Lipinski definition) is 0. The van der Waals surface area contributed by atoms with Gasteiger partial charge in [0, 0.05) is 0 Å². The van der Waals surface area contributed by atoms with Gasteiger partial charge in [0.2, 0.25) is 0 Å². The maximum absolute atomic E-state index is 2.22. The third kappa shape index (κ3) is 30.8. The van der Waals surface area contributed by atoms with Gasteiger partial charge in [-0.2, -0.15) is 0 Å². The van der Waals surface area contributed by atoms with Crippen LogP contribution in [0, 0.1) is 138 Å². The van der Waals surface area contributed by atoms with Crippen molar-refractivity contribution in [2.75, 3.05) is 0 Å². The molecule has 0 amide bonds. The van der Waals surface area contributed by atoms with Crippen molar-refractivity contribution in [3.8, 4) is 44.5 Å². The van der Waals surface area contributed by atoms with Crippen LogP contribution < -0.4 is 0 Å². The Bertz CT molecular complexity index is 5480. The molecule has 0 atom stereocenters. The molecule has 17 rings (SSSR count). The Morgan fingerprint density at radius 1 is 0.103 bits per heavy atom. The van der Waals surface area contributed by atoms with Gasteiger partial charge in [-0.3, -0.25) is 0 Å². The van der Waals surface area contributed by atoms with E-state index in [9.17, 15) is 0 Å². The Morgan fingerprint density at radius 2 is 0.302 bits per heavy atom. The van der Waals surface area contributed by atoms with Crippen LogP contribution in [-0.2, 0) is 0 Å². The van der Waals surface area contributed by atoms with Crippen molar-refractivity contribution in [1.82, 2.24) is 0 Å². The van der Waals surface area contributed by atoms with Crippen LogP contribution in [0.2, 0.25) is 0 Å². The summed E-state index contributed by atoms with van der Waals surface area (Å²) in [5.74, 6) is 0.